The van der Waals surface area contributed by atoms with E-state index in [1.165, 1.54) is 6.07 Å². The number of aromatic nitrogens is 2. The normalized spacial score (nSPS) is 10.6. The molecule has 6 nitrogen and oxygen atoms in total. The number of halogens is 2. The summed E-state index contributed by atoms with van der Waals surface area (Å²) in [7, 11) is 0. The van der Waals surface area contributed by atoms with E-state index in [1.807, 2.05) is 6.92 Å². The average molecular weight is 247 g/mol. The Labute approximate surface area is 97.5 Å². The van der Waals surface area contributed by atoms with Crippen LogP contribution >= 0.6 is 0 Å². The van der Waals surface area contributed by atoms with Crippen molar-refractivity contribution in [1.29, 1.82) is 0 Å². The lowest BCUT2D eigenvalue weighted by Gasteiger charge is -2.09. The summed E-state index contributed by atoms with van der Waals surface area (Å²) in [6.07, 6.45) is -2.45. The predicted molar refractivity (Wildman–Crippen MR) is 59.7 cm³/mol. The number of nitrogens with two attached hydrogens (primary N) is 1. The quantitative estimate of drug-likeness (QED) is 0.492. The number of rotatable bonds is 7. The van der Waals surface area contributed by atoms with Gasteiger partial charge in [-0.05, 0) is 6.92 Å². The van der Waals surface area contributed by atoms with Crippen LogP contribution in [-0.2, 0) is 11.3 Å². The van der Waals surface area contributed by atoms with Crippen molar-refractivity contribution in [3.8, 4) is 0 Å². The van der Waals surface area contributed by atoms with Crippen LogP contribution in [0.1, 0.15) is 12.7 Å². The van der Waals surface area contributed by atoms with Gasteiger partial charge >= 0.3 is 0 Å². The summed E-state index contributed by atoms with van der Waals surface area (Å²) in [6, 6.07) is 1.44. The highest BCUT2D eigenvalue weighted by atomic mass is 19.3. The molecule has 0 fully saturated rings. The lowest BCUT2D eigenvalue weighted by Crippen LogP contribution is -2.15. The number of nitrogen functional groups attached to an aromatic ring is 1. The molecule has 0 unspecified atom stereocenters. The largest absolute Gasteiger partial charge is 0.374 e. The Morgan fingerprint density at radius 2 is 2.12 bits per heavy atom. The molecule has 0 bridgehead atoms. The molecule has 8 heteroatoms. The summed E-state index contributed by atoms with van der Waals surface area (Å²) in [5, 5.41) is 2.48. The van der Waals surface area contributed by atoms with Gasteiger partial charge in [-0.2, -0.15) is 0 Å². The molecule has 1 rings (SSSR count). The van der Waals surface area contributed by atoms with E-state index in [-0.39, 0.29) is 12.4 Å². The monoisotopic (exact) mass is 247 g/mol. The summed E-state index contributed by atoms with van der Waals surface area (Å²) >= 11 is 0. The van der Waals surface area contributed by atoms with Crippen molar-refractivity contribution < 1.29 is 13.5 Å². The molecule has 1 aromatic heterocycles. The molecule has 0 atom stereocenters. The Kier molecular flexibility index (Phi) is 5.50. The van der Waals surface area contributed by atoms with Gasteiger partial charge in [-0.15, -0.1) is 0 Å². The third kappa shape index (κ3) is 4.87. The molecule has 0 aliphatic carbocycles. The van der Waals surface area contributed by atoms with Crippen LogP contribution in [0.2, 0.25) is 0 Å². The molecule has 0 saturated carbocycles. The van der Waals surface area contributed by atoms with E-state index < -0.39 is 13.0 Å². The minimum atomic E-state index is -2.45. The summed E-state index contributed by atoms with van der Waals surface area (Å²) in [6.45, 7) is 2.08. The van der Waals surface area contributed by atoms with E-state index in [9.17, 15) is 8.78 Å². The van der Waals surface area contributed by atoms with E-state index in [0.717, 1.165) is 0 Å². The van der Waals surface area contributed by atoms with Crippen molar-refractivity contribution in [2.75, 3.05) is 23.9 Å². The predicted octanol–water partition coefficient (Wildman–Crippen LogP) is 0.976. The lowest BCUT2D eigenvalue weighted by atomic mass is 10.4. The first kappa shape index (κ1) is 13.5. The summed E-state index contributed by atoms with van der Waals surface area (Å²) in [5.74, 6) is 6.21. The lowest BCUT2D eigenvalue weighted by molar-refractivity contribution is 0.128. The SMILES string of the molecule is CCOCc1nc(NN)cc(NCC(F)F)n1. The van der Waals surface area contributed by atoms with E-state index in [4.69, 9.17) is 10.6 Å². The molecule has 0 radical (unpaired) electrons. The van der Waals surface area contributed by atoms with Gasteiger partial charge in [0.05, 0.1) is 6.54 Å². The molecular formula is C9H15F2N5O. The number of nitrogens with zero attached hydrogens (tertiary/aromatic N) is 2. The van der Waals surface area contributed by atoms with Crippen LogP contribution in [0, 0.1) is 0 Å². The second-order valence-electron chi connectivity index (χ2n) is 3.11. The highest BCUT2D eigenvalue weighted by Gasteiger charge is 2.06. The maximum Gasteiger partial charge on any atom is 0.255 e. The standard InChI is InChI=1S/C9H15F2N5O/c1-2-17-5-9-14-7(13-4-6(10)11)3-8(15-9)16-12/h3,6H,2,4-5,12H2,1H3,(H2,13,14,15,16). The van der Waals surface area contributed by atoms with Crippen LogP contribution < -0.4 is 16.6 Å². The van der Waals surface area contributed by atoms with Crippen molar-refractivity contribution in [3.05, 3.63) is 11.9 Å². The maximum atomic E-state index is 12.0. The Balaban J connectivity index is 2.73. The van der Waals surface area contributed by atoms with Gasteiger partial charge in [0.2, 0.25) is 0 Å². The van der Waals surface area contributed by atoms with Crippen molar-refractivity contribution in [1.82, 2.24) is 9.97 Å². The van der Waals surface area contributed by atoms with Gasteiger partial charge in [-0.3, -0.25) is 0 Å². The zero-order valence-electron chi connectivity index (χ0n) is 9.41. The molecule has 0 spiro atoms. The smallest absolute Gasteiger partial charge is 0.255 e. The first-order chi connectivity index (χ1) is 8.15. The van der Waals surface area contributed by atoms with Gasteiger partial charge in [-0.25, -0.2) is 24.6 Å². The zero-order chi connectivity index (χ0) is 12.7. The van der Waals surface area contributed by atoms with Crippen molar-refractivity contribution in [2.45, 2.75) is 20.0 Å². The van der Waals surface area contributed by atoms with Gasteiger partial charge < -0.3 is 15.5 Å². The third-order valence-corrected chi connectivity index (χ3v) is 1.79. The van der Waals surface area contributed by atoms with Gasteiger partial charge in [0.15, 0.2) is 5.82 Å². The Morgan fingerprint density at radius 1 is 1.41 bits per heavy atom. The van der Waals surface area contributed by atoms with Gasteiger partial charge in [-0.1, -0.05) is 0 Å². The Bertz CT molecular complexity index is 350. The molecule has 4 N–H and O–H groups in total. The Hall–Kier alpha value is -1.54. The molecule has 0 aliphatic heterocycles. The summed E-state index contributed by atoms with van der Waals surface area (Å²) in [4.78, 5) is 8.03. The molecule has 0 aliphatic rings. The van der Waals surface area contributed by atoms with Crippen molar-refractivity contribution >= 4 is 11.6 Å². The van der Waals surface area contributed by atoms with Gasteiger partial charge in [0.25, 0.3) is 6.43 Å². The molecule has 17 heavy (non-hydrogen) atoms. The highest BCUT2D eigenvalue weighted by molar-refractivity contribution is 5.46. The molecule has 0 saturated heterocycles. The first-order valence-electron chi connectivity index (χ1n) is 5.10. The number of hydrazine groups is 1. The van der Waals surface area contributed by atoms with E-state index >= 15 is 0 Å². The van der Waals surface area contributed by atoms with Crippen molar-refractivity contribution in [3.63, 3.8) is 0 Å². The zero-order valence-corrected chi connectivity index (χ0v) is 9.41. The number of ether oxygens (including phenoxy) is 1. The van der Waals surface area contributed by atoms with Crippen LogP contribution in [0.5, 0.6) is 0 Å². The fourth-order valence-corrected chi connectivity index (χ4v) is 1.10. The minimum absolute atomic E-state index is 0.204. The van der Waals surface area contributed by atoms with Crippen LogP contribution in [0.25, 0.3) is 0 Å². The van der Waals surface area contributed by atoms with Gasteiger partial charge in [0.1, 0.15) is 18.2 Å². The van der Waals surface area contributed by atoms with Crippen LogP contribution in [0.15, 0.2) is 6.07 Å². The average Bonchev–Trinajstić information content (AvgIpc) is 2.33. The maximum absolute atomic E-state index is 12.0. The first-order valence-corrected chi connectivity index (χ1v) is 5.10. The van der Waals surface area contributed by atoms with Crippen LogP contribution in [0.3, 0.4) is 0 Å². The Morgan fingerprint density at radius 3 is 2.71 bits per heavy atom. The summed E-state index contributed by atoms with van der Waals surface area (Å²) < 4.78 is 29.2. The van der Waals surface area contributed by atoms with Crippen LogP contribution in [0.4, 0.5) is 20.4 Å². The molecular weight excluding hydrogens is 232 g/mol. The fourth-order valence-electron chi connectivity index (χ4n) is 1.10. The third-order valence-electron chi connectivity index (χ3n) is 1.79. The molecule has 1 heterocycles. The van der Waals surface area contributed by atoms with Crippen molar-refractivity contribution in [2.24, 2.45) is 5.84 Å². The fraction of sp³-hybridized carbons (Fsp3) is 0.556. The van der Waals surface area contributed by atoms with Crippen LogP contribution in [-0.4, -0.2) is 29.5 Å². The molecule has 1 aromatic rings. The topological polar surface area (TPSA) is 85.1 Å². The van der Waals surface area contributed by atoms with Gasteiger partial charge in [0, 0.05) is 12.7 Å². The second-order valence-corrected chi connectivity index (χ2v) is 3.11. The number of nitrogens with one attached hydrogen (secondary N) is 2. The number of hydrogen-bond donors (Lipinski definition) is 3. The second kappa shape index (κ2) is 6.92. The minimum Gasteiger partial charge on any atom is -0.374 e. The molecule has 0 aromatic carbocycles. The summed E-state index contributed by atoms with van der Waals surface area (Å²) in [5.41, 5.74) is 2.34. The number of hydrogen-bond acceptors (Lipinski definition) is 6. The highest BCUT2D eigenvalue weighted by Crippen LogP contribution is 2.11. The number of alkyl halides is 2. The van der Waals surface area contributed by atoms with E-state index in [2.05, 4.69) is 20.7 Å². The molecule has 0 amide bonds. The van der Waals surface area contributed by atoms with E-state index in [0.29, 0.717) is 18.2 Å². The molecule has 96 valence electrons. The number of anilines is 2. The van der Waals surface area contributed by atoms with E-state index in [1.54, 1.807) is 0 Å².